The highest BCUT2D eigenvalue weighted by molar-refractivity contribution is 7.09. The standard InChI is InChI=1S/C12H19N3OS/c1-9-15-10(8-17-9)3-6-14-11(16)7-12(13)4-2-5-12/h8H,2-7,13H2,1H3,(H,14,16). The molecule has 2 rings (SSSR count). The van der Waals surface area contributed by atoms with E-state index in [9.17, 15) is 4.79 Å². The summed E-state index contributed by atoms with van der Waals surface area (Å²) in [6.45, 7) is 2.64. The molecule has 0 atom stereocenters. The summed E-state index contributed by atoms with van der Waals surface area (Å²) >= 11 is 1.64. The van der Waals surface area contributed by atoms with E-state index in [0.29, 0.717) is 13.0 Å². The summed E-state index contributed by atoms with van der Waals surface area (Å²) in [4.78, 5) is 16.0. The van der Waals surface area contributed by atoms with Crippen LogP contribution in [0, 0.1) is 6.92 Å². The number of carbonyl (C=O) groups excluding carboxylic acids is 1. The third-order valence-corrected chi connectivity index (χ3v) is 4.05. The van der Waals surface area contributed by atoms with E-state index in [2.05, 4.69) is 10.3 Å². The Balaban J connectivity index is 1.66. The smallest absolute Gasteiger partial charge is 0.221 e. The number of aryl methyl sites for hydroxylation is 1. The third-order valence-electron chi connectivity index (χ3n) is 3.23. The van der Waals surface area contributed by atoms with Gasteiger partial charge in [-0.1, -0.05) is 0 Å². The van der Waals surface area contributed by atoms with Crippen molar-refractivity contribution in [1.29, 1.82) is 0 Å². The van der Waals surface area contributed by atoms with E-state index in [0.717, 1.165) is 36.4 Å². The number of hydrogen-bond acceptors (Lipinski definition) is 4. The number of amides is 1. The first kappa shape index (κ1) is 12.5. The number of hydrogen-bond donors (Lipinski definition) is 2. The Bertz CT molecular complexity index is 398. The lowest BCUT2D eigenvalue weighted by atomic mass is 9.75. The second kappa shape index (κ2) is 5.14. The van der Waals surface area contributed by atoms with Crippen molar-refractivity contribution in [2.75, 3.05) is 6.54 Å². The van der Waals surface area contributed by atoms with E-state index in [1.54, 1.807) is 11.3 Å². The predicted octanol–water partition coefficient (Wildman–Crippen LogP) is 1.38. The van der Waals surface area contributed by atoms with Gasteiger partial charge in [0.25, 0.3) is 0 Å². The minimum atomic E-state index is -0.221. The lowest BCUT2D eigenvalue weighted by Gasteiger charge is -2.37. The molecular weight excluding hydrogens is 234 g/mol. The highest BCUT2D eigenvalue weighted by Gasteiger charge is 2.34. The van der Waals surface area contributed by atoms with Crippen LogP contribution in [0.4, 0.5) is 0 Å². The Morgan fingerprint density at radius 1 is 1.65 bits per heavy atom. The Kier molecular flexibility index (Phi) is 3.79. The van der Waals surface area contributed by atoms with Crippen LogP contribution < -0.4 is 11.1 Å². The van der Waals surface area contributed by atoms with Crippen molar-refractivity contribution in [1.82, 2.24) is 10.3 Å². The Hall–Kier alpha value is -0.940. The molecule has 4 nitrogen and oxygen atoms in total. The molecule has 0 unspecified atom stereocenters. The molecule has 1 aliphatic rings. The van der Waals surface area contributed by atoms with Crippen LogP contribution in [-0.2, 0) is 11.2 Å². The van der Waals surface area contributed by atoms with Crippen LogP contribution in [-0.4, -0.2) is 23.0 Å². The van der Waals surface area contributed by atoms with Gasteiger partial charge in [-0.05, 0) is 26.2 Å². The summed E-state index contributed by atoms with van der Waals surface area (Å²) in [5.41, 5.74) is 6.85. The quantitative estimate of drug-likeness (QED) is 0.833. The maximum Gasteiger partial charge on any atom is 0.221 e. The SMILES string of the molecule is Cc1nc(CCNC(=O)CC2(N)CCC2)cs1. The van der Waals surface area contributed by atoms with E-state index in [4.69, 9.17) is 5.73 Å². The fourth-order valence-electron chi connectivity index (χ4n) is 2.04. The highest BCUT2D eigenvalue weighted by Crippen LogP contribution is 2.31. The number of carbonyl (C=O) groups is 1. The van der Waals surface area contributed by atoms with Gasteiger partial charge in [0.15, 0.2) is 0 Å². The zero-order valence-corrected chi connectivity index (χ0v) is 11.0. The summed E-state index contributed by atoms with van der Waals surface area (Å²) in [7, 11) is 0. The largest absolute Gasteiger partial charge is 0.356 e. The Labute approximate surface area is 106 Å². The number of aromatic nitrogens is 1. The Morgan fingerprint density at radius 3 is 2.94 bits per heavy atom. The molecule has 0 radical (unpaired) electrons. The van der Waals surface area contributed by atoms with Crippen molar-refractivity contribution in [3.05, 3.63) is 16.1 Å². The molecule has 5 heteroatoms. The maximum atomic E-state index is 11.6. The van der Waals surface area contributed by atoms with Crippen molar-refractivity contribution in [2.24, 2.45) is 5.73 Å². The summed E-state index contributed by atoms with van der Waals surface area (Å²) in [5, 5.41) is 6.02. The van der Waals surface area contributed by atoms with Crippen LogP contribution in [0.1, 0.15) is 36.4 Å². The van der Waals surface area contributed by atoms with Crippen molar-refractivity contribution in [3.8, 4) is 0 Å². The molecule has 1 saturated carbocycles. The minimum absolute atomic E-state index is 0.0687. The number of nitrogens with one attached hydrogen (secondary N) is 1. The minimum Gasteiger partial charge on any atom is -0.356 e. The molecule has 1 aliphatic carbocycles. The zero-order valence-electron chi connectivity index (χ0n) is 10.2. The molecule has 1 heterocycles. The fraction of sp³-hybridized carbons (Fsp3) is 0.667. The van der Waals surface area contributed by atoms with Gasteiger partial charge in [0.1, 0.15) is 0 Å². The van der Waals surface area contributed by atoms with Crippen LogP contribution in [0.5, 0.6) is 0 Å². The first-order valence-electron chi connectivity index (χ1n) is 6.04. The van der Waals surface area contributed by atoms with Gasteiger partial charge in [-0.15, -0.1) is 11.3 Å². The van der Waals surface area contributed by atoms with Crippen LogP contribution >= 0.6 is 11.3 Å². The molecule has 3 N–H and O–H groups in total. The van der Waals surface area contributed by atoms with Crippen molar-refractivity contribution in [3.63, 3.8) is 0 Å². The van der Waals surface area contributed by atoms with E-state index in [1.165, 1.54) is 0 Å². The van der Waals surface area contributed by atoms with Gasteiger partial charge in [-0.2, -0.15) is 0 Å². The average molecular weight is 253 g/mol. The fourth-order valence-corrected chi connectivity index (χ4v) is 2.69. The van der Waals surface area contributed by atoms with Gasteiger partial charge in [0.2, 0.25) is 5.91 Å². The molecule has 0 aliphatic heterocycles. The molecule has 94 valence electrons. The van der Waals surface area contributed by atoms with Gasteiger partial charge < -0.3 is 11.1 Å². The molecule has 1 fully saturated rings. The van der Waals surface area contributed by atoms with Crippen LogP contribution in [0.15, 0.2) is 5.38 Å². The molecule has 0 spiro atoms. The predicted molar refractivity (Wildman–Crippen MR) is 69.0 cm³/mol. The monoisotopic (exact) mass is 253 g/mol. The van der Waals surface area contributed by atoms with Crippen LogP contribution in [0.25, 0.3) is 0 Å². The first-order valence-corrected chi connectivity index (χ1v) is 6.92. The number of thiazole rings is 1. The van der Waals surface area contributed by atoms with E-state index >= 15 is 0 Å². The molecule has 17 heavy (non-hydrogen) atoms. The molecule has 0 saturated heterocycles. The van der Waals surface area contributed by atoms with Crippen LogP contribution in [0.2, 0.25) is 0 Å². The second-order valence-electron chi connectivity index (χ2n) is 4.85. The summed E-state index contributed by atoms with van der Waals surface area (Å²) in [5.74, 6) is 0.0687. The molecule has 1 aromatic heterocycles. The molecule has 0 aromatic carbocycles. The lowest BCUT2D eigenvalue weighted by Crippen LogP contribution is -2.50. The van der Waals surface area contributed by atoms with Gasteiger partial charge >= 0.3 is 0 Å². The molecular formula is C12H19N3OS. The average Bonchev–Trinajstić information content (AvgIpc) is 2.62. The van der Waals surface area contributed by atoms with E-state index in [1.807, 2.05) is 12.3 Å². The van der Waals surface area contributed by atoms with Crippen LogP contribution in [0.3, 0.4) is 0 Å². The second-order valence-corrected chi connectivity index (χ2v) is 5.91. The third kappa shape index (κ3) is 3.51. The van der Waals surface area contributed by atoms with Gasteiger partial charge in [-0.25, -0.2) is 4.98 Å². The van der Waals surface area contributed by atoms with Crippen molar-refractivity contribution in [2.45, 2.75) is 44.6 Å². The zero-order chi connectivity index (χ0) is 12.3. The summed E-state index contributed by atoms with van der Waals surface area (Å²) < 4.78 is 0. The Morgan fingerprint density at radius 2 is 2.41 bits per heavy atom. The van der Waals surface area contributed by atoms with Crippen molar-refractivity contribution < 1.29 is 4.79 Å². The van der Waals surface area contributed by atoms with Gasteiger partial charge in [0, 0.05) is 30.3 Å². The number of rotatable bonds is 5. The lowest BCUT2D eigenvalue weighted by molar-refractivity contribution is -0.122. The molecule has 1 amide bonds. The molecule has 1 aromatic rings. The molecule has 0 bridgehead atoms. The van der Waals surface area contributed by atoms with E-state index < -0.39 is 0 Å². The summed E-state index contributed by atoms with van der Waals surface area (Å²) in [6, 6.07) is 0. The number of nitrogens with two attached hydrogens (primary N) is 1. The van der Waals surface area contributed by atoms with Gasteiger partial charge in [-0.3, -0.25) is 4.79 Å². The normalized spacial score (nSPS) is 17.5. The number of nitrogens with zero attached hydrogens (tertiary/aromatic N) is 1. The summed E-state index contributed by atoms with van der Waals surface area (Å²) in [6.07, 6.45) is 4.37. The topological polar surface area (TPSA) is 68.0 Å². The maximum absolute atomic E-state index is 11.6. The van der Waals surface area contributed by atoms with E-state index in [-0.39, 0.29) is 11.4 Å². The van der Waals surface area contributed by atoms with Gasteiger partial charge in [0.05, 0.1) is 10.7 Å². The van der Waals surface area contributed by atoms with Crippen molar-refractivity contribution >= 4 is 17.2 Å². The first-order chi connectivity index (χ1) is 8.07. The highest BCUT2D eigenvalue weighted by atomic mass is 32.1.